The van der Waals surface area contributed by atoms with E-state index in [0.29, 0.717) is 12.5 Å². The van der Waals surface area contributed by atoms with E-state index in [1.165, 1.54) is 39.0 Å². The molecule has 2 aromatic heterocycles. The molecule has 7 nitrogen and oxygen atoms in total. The van der Waals surface area contributed by atoms with Crippen molar-refractivity contribution < 1.29 is 4.79 Å². The summed E-state index contributed by atoms with van der Waals surface area (Å²) < 4.78 is 1.87. The van der Waals surface area contributed by atoms with E-state index in [9.17, 15) is 9.59 Å². The lowest BCUT2D eigenvalue weighted by atomic mass is 9.88. The van der Waals surface area contributed by atoms with Gasteiger partial charge in [-0.1, -0.05) is 103 Å². The van der Waals surface area contributed by atoms with Crippen molar-refractivity contribution in [2.24, 2.45) is 0 Å². The van der Waals surface area contributed by atoms with Gasteiger partial charge in [0.1, 0.15) is 0 Å². The van der Waals surface area contributed by atoms with Crippen molar-refractivity contribution in [3.05, 3.63) is 169 Å². The van der Waals surface area contributed by atoms with Gasteiger partial charge in [0.2, 0.25) is 0 Å². The van der Waals surface area contributed by atoms with Crippen LogP contribution in [0.2, 0.25) is 0 Å². The number of imidazole rings is 1. The van der Waals surface area contributed by atoms with Gasteiger partial charge in [0, 0.05) is 57.8 Å². The molecule has 54 heavy (non-hydrogen) atoms. The van der Waals surface area contributed by atoms with Crippen LogP contribution in [0.1, 0.15) is 62.8 Å². The summed E-state index contributed by atoms with van der Waals surface area (Å²) in [6.45, 7) is 8.17. The highest BCUT2D eigenvalue weighted by molar-refractivity contribution is 7.12. The van der Waals surface area contributed by atoms with Gasteiger partial charge in [-0.2, -0.15) is 0 Å². The van der Waals surface area contributed by atoms with Gasteiger partial charge < -0.3 is 14.8 Å². The van der Waals surface area contributed by atoms with Crippen LogP contribution in [-0.2, 0) is 13.0 Å². The maximum absolute atomic E-state index is 12.6. The first-order chi connectivity index (χ1) is 26.5. The number of piperazine rings is 1. The van der Waals surface area contributed by atoms with E-state index in [-0.39, 0.29) is 11.5 Å². The highest BCUT2D eigenvalue weighted by atomic mass is 32.1. The number of benzene rings is 4. The molecule has 0 atom stereocenters. The molecule has 8 heteroatoms. The molecule has 9 rings (SSSR count). The molecule has 3 aliphatic rings. The fourth-order valence-corrected chi connectivity index (χ4v) is 9.31. The molecule has 2 aliphatic heterocycles. The number of hydrogen-bond acceptors (Lipinski definition) is 6. The Morgan fingerprint density at radius 1 is 0.685 bits per heavy atom. The van der Waals surface area contributed by atoms with Gasteiger partial charge in [0.15, 0.2) is 5.78 Å². The summed E-state index contributed by atoms with van der Waals surface area (Å²) in [6.07, 6.45) is 3.70. The van der Waals surface area contributed by atoms with Crippen LogP contribution in [0.4, 0.5) is 0 Å². The van der Waals surface area contributed by atoms with Crippen LogP contribution >= 0.6 is 11.3 Å². The van der Waals surface area contributed by atoms with Gasteiger partial charge >= 0.3 is 5.69 Å². The van der Waals surface area contributed by atoms with Crippen molar-refractivity contribution in [1.29, 1.82) is 0 Å². The third-order valence-electron chi connectivity index (χ3n) is 11.3. The smallest absolute Gasteiger partial charge is 0.306 e. The zero-order chi connectivity index (χ0) is 36.9. The largest absolute Gasteiger partial charge is 0.326 e. The van der Waals surface area contributed by atoms with E-state index in [2.05, 4.69) is 117 Å². The minimum absolute atomic E-state index is 0.00965. The number of ketones is 1. The molecule has 2 fully saturated rings. The van der Waals surface area contributed by atoms with Gasteiger partial charge in [-0.15, -0.1) is 11.3 Å². The number of thiophene rings is 1. The Hall–Kier alpha value is -4.86. The molecular weight excluding hydrogens is 687 g/mol. The SMILES string of the molecule is CN1CCC(=C2c3ccccc3CC(=O)c3sccc32)CC1.O=c1[nH]c2ccccc2n1CCCN1CCN(C(c2ccccc2)c2ccccc2)CC1. The molecule has 4 heterocycles. The standard InChI is InChI=1S/C27H30N4O.C19H19NOS/c32-27-28-24-14-7-8-15-25(24)31(27)17-9-16-29-18-20-30(21-19-29)26(22-10-3-1-4-11-22)23-12-5-2-6-13-23;1-20-9-6-13(7-10-20)18-15-5-3-2-4-14(15)12-17(21)19-16(18)8-11-22-19/h1-8,10-15,26H,9,16-21H2,(H,28,32);2-5,8,11H,6-7,9-10,12H2,1H3. The fraction of sp³-hybridized carbons (Fsp3) is 0.304. The Bertz CT molecular complexity index is 2230. The quantitative estimate of drug-likeness (QED) is 0.180. The van der Waals surface area contributed by atoms with Crippen LogP contribution in [0.15, 0.2) is 131 Å². The lowest BCUT2D eigenvalue weighted by Crippen LogP contribution is -2.48. The molecule has 0 radical (unpaired) electrons. The van der Waals surface area contributed by atoms with E-state index in [1.54, 1.807) is 11.3 Å². The third kappa shape index (κ3) is 7.84. The zero-order valence-corrected chi connectivity index (χ0v) is 31.9. The Labute approximate surface area is 322 Å². The van der Waals surface area contributed by atoms with Crippen molar-refractivity contribution in [3.63, 3.8) is 0 Å². The average Bonchev–Trinajstić information content (AvgIpc) is 3.79. The predicted octanol–water partition coefficient (Wildman–Crippen LogP) is 8.14. The Kier molecular flexibility index (Phi) is 11.1. The molecule has 6 aromatic rings. The Morgan fingerprint density at radius 3 is 2.06 bits per heavy atom. The van der Waals surface area contributed by atoms with Crippen LogP contribution in [0.5, 0.6) is 0 Å². The molecule has 0 amide bonds. The van der Waals surface area contributed by atoms with Crippen LogP contribution in [0, 0.1) is 0 Å². The topological polar surface area (TPSA) is 64.6 Å². The number of aromatic nitrogens is 2. The van der Waals surface area contributed by atoms with Crippen LogP contribution in [0.25, 0.3) is 16.6 Å². The first-order valence-electron chi connectivity index (χ1n) is 19.4. The second kappa shape index (κ2) is 16.7. The molecule has 1 N–H and O–H groups in total. The van der Waals surface area contributed by atoms with Crippen molar-refractivity contribution in [3.8, 4) is 0 Å². The number of aromatic amines is 1. The number of carbonyl (C=O) groups is 1. The van der Waals surface area contributed by atoms with E-state index in [4.69, 9.17) is 0 Å². The number of aryl methyl sites for hydroxylation is 1. The van der Waals surface area contributed by atoms with E-state index < -0.39 is 0 Å². The van der Waals surface area contributed by atoms with Crippen molar-refractivity contribution in [2.45, 2.75) is 38.3 Å². The van der Waals surface area contributed by atoms with Crippen molar-refractivity contribution in [1.82, 2.24) is 24.3 Å². The highest BCUT2D eigenvalue weighted by Crippen LogP contribution is 2.40. The summed E-state index contributed by atoms with van der Waals surface area (Å²) in [6, 6.07) is 40.5. The van der Waals surface area contributed by atoms with Crippen LogP contribution in [0.3, 0.4) is 0 Å². The molecule has 0 bridgehead atoms. The summed E-state index contributed by atoms with van der Waals surface area (Å²) in [4.78, 5) is 36.3. The van der Waals surface area contributed by atoms with Gasteiger partial charge in [-0.25, -0.2) is 4.79 Å². The molecule has 0 spiro atoms. The maximum Gasteiger partial charge on any atom is 0.326 e. The number of rotatable bonds is 7. The molecule has 2 saturated heterocycles. The van der Waals surface area contributed by atoms with E-state index in [1.807, 2.05) is 34.9 Å². The lowest BCUT2D eigenvalue weighted by Gasteiger charge is -2.39. The number of piperidine rings is 1. The first kappa shape index (κ1) is 36.1. The number of fused-ring (bicyclic) bond motifs is 3. The Morgan fingerprint density at radius 2 is 1.33 bits per heavy atom. The number of hydrogen-bond donors (Lipinski definition) is 1. The van der Waals surface area contributed by atoms with Gasteiger partial charge in [0.25, 0.3) is 0 Å². The first-order valence-corrected chi connectivity index (χ1v) is 20.2. The second-order valence-electron chi connectivity index (χ2n) is 14.8. The molecular formula is C46H49N5O2S. The normalized spacial score (nSPS) is 16.9. The number of Topliss-reactive ketones (excluding diaryl/α,β-unsaturated/α-hetero) is 1. The van der Waals surface area contributed by atoms with Crippen molar-refractivity contribution >= 4 is 33.7 Å². The molecule has 1 aliphatic carbocycles. The monoisotopic (exact) mass is 735 g/mol. The summed E-state index contributed by atoms with van der Waals surface area (Å²) >= 11 is 1.59. The number of nitrogens with zero attached hydrogens (tertiary/aromatic N) is 4. The average molecular weight is 736 g/mol. The van der Waals surface area contributed by atoms with Gasteiger partial charge in [-0.3, -0.25) is 14.3 Å². The molecule has 0 saturated carbocycles. The minimum atomic E-state index is -0.00965. The molecule has 4 aromatic carbocycles. The van der Waals surface area contributed by atoms with Crippen LogP contribution < -0.4 is 5.69 Å². The predicted molar refractivity (Wildman–Crippen MR) is 221 cm³/mol. The molecule has 0 unspecified atom stereocenters. The molecule has 276 valence electrons. The summed E-state index contributed by atoms with van der Waals surface area (Å²) in [5, 5.41) is 2.06. The number of para-hydroxylation sites is 2. The van der Waals surface area contributed by atoms with Crippen LogP contribution in [-0.4, -0.2) is 82.9 Å². The fourth-order valence-electron chi connectivity index (χ4n) is 8.47. The zero-order valence-electron chi connectivity index (χ0n) is 31.1. The number of carbonyl (C=O) groups excluding carboxylic acids is 1. The summed E-state index contributed by atoms with van der Waals surface area (Å²) in [7, 11) is 2.18. The van der Waals surface area contributed by atoms with Gasteiger partial charge in [-0.05, 0) is 84.3 Å². The summed E-state index contributed by atoms with van der Waals surface area (Å²) in [5.41, 5.74) is 11.1. The maximum atomic E-state index is 12.6. The second-order valence-corrected chi connectivity index (χ2v) is 15.7. The summed E-state index contributed by atoms with van der Waals surface area (Å²) in [5.74, 6) is 0.265. The van der Waals surface area contributed by atoms with E-state index in [0.717, 1.165) is 87.5 Å². The highest BCUT2D eigenvalue weighted by Gasteiger charge is 2.28. The third-order valence-corrected chi connectivity index (χ3v) is 12.3. The minimum Gasteiger partial charge on any atom is -0.306 e. The number of H-pyrrole nitrogens is 1. The number of likely N-dealkylation sites (tertiary alicyclic amines) is 1. The lowest BCUT2D eigenvalue weighted by molar-refractivity contribution is 0.0997. The van der Waals surface area contributed by atoms with E-state index >= 15 is 0 Å². The Balaban J connectivity index is 0.000000164. The number of nitrogens with one attached hydrogen (secondary N) is 1. The van der Waals surface area contributed by atoms with Crippen molar-refractivity contribution in [2.75, 3.05) is 52.9 Å². The van der Waals surface area contributed by atoms with Gasteiger partial charge in [0.05, 0.1) is 22.0 Å².